The summed E-state index contributed by atoms with van der Waals surface area (Å²) < 4.78 is 71.1. The van der Waals surface area contributed by atoms with E-state index in [1.807, 2.05) is 43.1 Å². The maximum Gasteiger partial charge on any atom is 0.293 e. The lowest BCUT2D eigenvalue weighted by molar-refractivity contribution is -0.384. The number of nitrogens with zero attached hydrogens (tertiary/aromatic N) is 7. The lowest BCUT2D eigenvalue weighted by Crippen LogP contribution is -2.60. The number of rotatable bonds is 13. The molecule has 2 aliphatic carbocycles. The molecule has 8 heterocycles. The molecule has 444 valence electrons. The van der Waals surface area contributed by atoms with Gasteiger partial charge in [0.15, 0.2) is 5.75 Å². The highest BCUT2D eigenvalue weighted by Crippen LogP contribution is 2.54. The van der Waals surface area contributed by atoms with Crippen LogP contribution in [0.2, 0.25) is 0 Å². The van der Waals surface area contributed by atoms with Crippen molar-refractivity contribution in [3.8, 4) is 17.5 Å². The first-order valence-electron chi connectivity index (χ1n) is 29.5. The first kappa shape index (κ1) is 56.0. The summed E-state index contributed by atoms with van der Waals surface area (Å²) in [4.78, 5) is 47.8. The highest BCUT2D eigenvalue weighted by molar-refractivity contribution is 7.90. The Balaban J connectivity index is 0.752. The molecular weight excluding hydrogens is 1100 g/mol. The number of hydrogen-bond donors (Lipinski definition) is 4. The molecule has 0 radical (unpaired) electrons. The molecule has 3 atom stereocenters. The van der Waals surface area contributed by atoms with Gasteiger partial charge in [-0.2, -0.15) is 4.98 Å². The smallest absolute Gasteiger partial charge is 0.293 e. The summed E-state index contributed by atoms with van der Waals surface area (Å²) in [5.74, 6) is 0.176. The third-order valence-electron chi connectivity index (χ3n) is 19.0. The monoisotopic (exact) mass is 1170 g/mol. The van der Waals surface area contributed by atoms with Crippen LogP contribution >= 0.6 is 0 Å². The highest BCUT2D eigenvalue weighted by atomic mass is 32.2. The summed E-state index contributed by atoms with van der Waals surface area (Å²) in [7, 11) is -4.70. The molecule has 84 heavy (non-hydrogen) atoms. The maximum atomic E-state index is 15.4. The second-order valence-electron chi connectivity index (χ2n) is 25.3. The van der Waals surface area contributed by atoms with Crippen molar-refractivity contribution in [2.75, 3.05) is 74.2 Å². The molecule has 3 aromatic carbocycles. The number of H-pyrrole nitrogens is 1. The third-order valence-corrected chi connectivity index (χ3v) is 20.3. The quantitative estimate of drug-likeness (QED) is 0.0623. The summed E-state index contributed by atoms with van der Waals surface area (Å²) in [5.41, 5.74) is 4.27. The van der Waals surface area contributed by atoms with Crippen LogP contribution in [0.1, 0.15) is 112 Å². The Labute approximate surface area is 488 Å². The molecule has 13 rings (SSSR count). The van der Waals surface area contributed by atoms with E-state index in [4.69, 9.17) is 23.9 Å². The van der Waals surface area contributed by atoms with Crippen LogP contribution in [-0.2, 0) is 21.3 Å². The predicted octanol–water partition coefficient (Wildman–Crippen LogP) is 9.33. The molecule has 5 fully saturated rings. The topological polar surface area (TPSA) is 230 Å². The average Bonchev–Trinajstić information content (AvgIpc) is 1.14. The van der Waals surface area contributed by atoms with Crippen LogP contribution in [0.3, 0.4) is 0 Å². The first-order valence-corrected chi connectivity index (χ1v) is 31.0. The van der Waals surface area contributed by atoms with Gasteiger partial charge in [-0.05, 0) is 150 Å². The van der Waals surface area contributed by atoms with E-state index in [1.165, 1.54) is 29.5 Å². The summed E-state index contributed by atoms with van der Waals surface area (Å²) in [6.45, 7) is 14.4. The van der Waals surface area contributed by atoms with Gasteiger partial charge in [-0.15, -0.1) is 0 Å². The largest absolute Gasteiger partial charge is 0.483 e. The molecule has 2 saturated carbocycles. The van der Waals surface area contributed by atoms with Crippen LogP contribution in [0.5, 0.6) is 17.5 Å². The Morgan fingerprint density at radius 1 is 0.952 bits per heavy atom. The number of anilines is 4. The van der Waals surface area contributed by atoms with Crippen molar-refractivity contribution < 1.29 is 46.6 Å². The number of amides is 1. The van der Waals surface area contributed by atoms with E-state index in [0.29, 0.717) is 62.3 Å². The highest BCUT2D eigenvalue weighted by Gasteiger charge is 2.51. The van der Waals surface area contributed by atoms with Crippen LogP contribution in [0.25, 0.3) is 11.0 Å². The van der Waals surface area contributed by atoms with E-state index < -0.39 is 60.6 Å². The van der Waals surface area contributed by atoms with Crippen molar-refractivity contribution in [3.05, 3.63) is 123 Å². The maximum absolute atomic E-state index is 15.4. The molecule has 1 amide bonds. The van der Waals surface area contributed by atoms with Crippen molar-refractivity contribution in [3.63, 3.8) is 0 Å². The minimum Gasteiger partial charge on any atom is -0.483 e. The number of ether oxygens (including phenoxy) is 4. The average molecular weight is 1170 g/mol. The molecule has 4 N–H and O–H groups in total. The molecule has 22 heteroatoms. The number of piperazine rings is 1. The van der Waals surface area contributed by atoms with Gasteiger partial charge < -0.3 is 44.2 Å². The number of carbonyl (C=O) groups is 1. The molecule has 0 unspecified atom stereocenters. The van der Waals surface area contributed by atoms with Crippen molar-refractivity contribution in [2.45, 2.75) is 132 Å². The first-order chi connectivity index (χ1) is 40.3. The van der Waals surface area contributed by atoms with E-state index in [1.54, 1.807) is 19.1 Å². The van der Waals surface area contributed by atoms with Crippen LogP contribution in [0.4, 0.5) is 32.8 Å². The van der Waals surface area contributed by atoms with E-state index in [-0.39, 0.29) is 52.1 Å². The number of aryl methyl sites for hydroxylation is 1. The van der Waals surface area contributed by atoms with Gasteiger partial charge in [0.05, 0.1) is 44.7 Å². The summed E-state index contributed by atoms with van der Waals surface area (Å²) >= 11 is 0. The van der Waals surface area contributed by atoms with Crippen molar-refractivity contribution >= 4 is 55.4 Å². The normalized spacial score (nSPS) is 25.1. The summed E-state index contributed by atoms with van der Waals surface area (Å²) in [5, 5.41) is 26.2. The molecule has 3 aromatic heterocycles. The molecule has 5 aliphatic heterocycles. The van der Waals surface area contributed by atoms with E-state index in [9.17, 15) is 28.4 Å². The van der Waals surface area contributed by atoms with Gasteiger partial charge in [-0.1, -0.05) is 24.3 Å². The van der Waals surface area contributed by atoms with E-state index >= 15 is 4.39 Å². The van der Waals surface area contributed by atoms with Crippen LogP contribution in [-0.4, -0.2) is 138 Å². The van der Waals surface area contributed by atoms with Gasteiger partial charge in [0.2, 0.25) is 5.88 Å². The molecule has 1 spiro atoms. The van der Waals surface area contributed by atoms with Gasteiger partial charge >= 0.3 is 0 Å². The number of carbonyl (C=O) groups excluding carboxylic acids is 1. The minimum atomic E-state index is -4.70. The molecule has 3 saturated heterocycles. The number of sulfonamides is 1. The standard InChI is InChI=1S/C62H73FN10O10S/c1-38-7-5-6-8-44(38)53-35-69(34-40-15-21-64-59-55(40)81-37-60(2,3)83-59)24-25-71(53)42-30-62(31-42)19-22-70(23-20-62)41-9-11-45(50(27-41)72-49-16-26-80-36-54(49)82-58-52(72)29-46-47(63)33-66-56(46)67-58)57(74)68-84(78,79)43-10-12-48(51(28-43)73(76)77)65-32-39-13-17-61(4,75)18-14-39/h5-12,15,21,27-29,33,39,42,49,53-54,65,75H,13-14,16-20,22-26,30-32,34-37H2,1-4H3,(H,66,67)(H,68,74)/t39-,49-,53-,54-,61-/m0/s1. The number of nitro benzene ring substituents is 1. The number of aromatic amines is 1. The molecule has 6 aromatic rings. The van der Waals surface area contributed by atoms with E-state index in [2.05, 4.69) is 65.9 Å². The predicted molar refractivity (Wildman–Crippen MR) is 314 cm³/mol. The fourth-order valence-electron chi connectivity index (χ4n) is 14.2. The van der Waals surface area contributed by atoms with Crippen molar-refractivity contribution in [1.82, 2.24) is 29.5 Å². The molecule has 0 bridgehead atoms. The SMILES string of the molecule is Cc1ccccc1[C@@H]1CN(Cc2ccnc3c2OCC(C)(C)O3)CCN1C1CC2(CCN(c3ccc(C(=O)NS(=O)(=O)c4ccc(NC[C@H]5CC[C@](C)(O)CC5)c([N+](=O)[O-])c4)c(N4c5cc6c(F)c[nH]c6nc5O[C@H]5COCC[C@@H]54)c3)CC2)C1. The van der Waals surface area contributed by atoms with Crippen molar-refractivity contribution in [2.24, 2.45) is 11.3 Å². The van der Waals surface area contributed by atoms with Gasteiger partial charge in [0.1, 0.15) is 41.2 Å². The number of aliphatic hydroxyl groups is 1. The fraction of sp³-hybridized carbons (Fsp3) is 0.500. The summed E-state index contributed by atoms with van der Waals surface area (Å²) in [6.07, 6.45) is 9.76. The van der Waals surface area contributed by atoms with Crippen molar-refractivity contribution in [1.29, 1.82) is 0 Å². The van der Waals surface area contributed by atoms with Gasteiger partial charge in [0, 0.05) is 94.2 Å². The second-order valence-corrected chi connectivity index (χ2v) is 27.0. The molecular formula is C62H73FN10O10S. The zero-order chi connectivity index (χ0) is 58.3. The lowest BCUT2D eigenvalue weighted by Gasteiger charge is -2.58. The summed E-state index contributed by atoms with van der Waals surface area (Å²) in [6, 6.07) is 21.6. The minimum absolute atomic E-state index is 0.0134. The second kappa shape index (κ2) is 21.7. The Hall–Kier alpha value is -7.11. The molecule has 7 aliphatic rings. The fourth-order valence-corrected chi connectivity index (χ4v) is 15.1. The number of nitro groups is 1. The third kappa shape index (κ3) is 10.9. The van der Waals surface area contributed by atoms with Crippen LogP contribution < -0.4 is 34.0 Å². The number of piperidine rings is 1. The Kier molecular flexibility index (Phi) is 14.5. The van der Waals surface area contributed by atoms with Gasteiger partial charge in [0.25, 0.3) is 27.5 Å². The van der Waals surface area contributed by atoms with Crippen LogP contribution in [0.15, 0.2) is 90.1 Å². The zero-order valence-corrected chi connectivity index (χ0v) is 48.8. The number of aromatic nitrogens is 3. The van der Waals surface area contributed by atoms with E-state index in [0.717, 1.165) is 101 Å². The number of pyridine rings is 2. The Morgan fingerprint density at radius 2 is 1.75 bits per heavy atom. The zero-order valence-electron chi connectivity index (χ0n) is 47.9. The Morgan fingerprint density at radius 3 is 2.54 bits per heavy atom. The lowest BCUT2D eigenvalue weighted by atomic mass is 9.59. The number of benzene rings is 3. The molecule has 20 nitrogen and oxygen atoms in total. The number of nitrogens with one attached hydrogen (secondary N) is 3. The van der Waals surface area contributed by atoms with Gasteiger partial charge in [-0.25, -0.2) is 22.5 Å². The van der Waals surface area contributed by atoms with Gasteiger partial charge in [-0.3, -0.25) is 24.7 Å². The number of halogens is 1. The number of hydrogen-bond acceptors (Lipinski definition) is 17. The Bertz CT molecular complexity index is 3630. The number of fused-ring (bicyclic) bond motifs is 4. The van der Waals surface area contributed by atoms with Crippen LogP contribution in [0, 0.1) is 34.2 Å².